The van der Waals surface area contributed by atoms with Crippen molar-refractivity contribution in [2.24, 2.45) is 5.14 Å². The molecular weight excluding hydrogens is 200 g/mol. The van der Waals surface area contributed by atoms with Gasteiger partial charge in [0.05, 0.1) is 10.6 Å². The number of hydrogen-bond donors (Lipinski definition) is 2. The summed E-state index contributed by atoms with van der Waals surface area (Å²) in [5.74, 6) is 0. The number of pyridine rings is 1. The highest BCUT2D eigenvalue weighted by atomic mass is 32.2. The number of nitrogens with zero attached hydrogens (tertiary/aromatic N) is 2. The highest BCUT2D eigenvalue weighted by Gasteiger charge is 2.11. The van der Waals surface area contributed by atoms with E-state index in [4.69, 9.17) is 9.92 Å². The summed E-state index contributed by atoms with van der Waals surface area (Å²) >= 11 is 0. The summed E-state index contributed by atoms with van der Waals surface area (Å²) in [5.41, 5.74) is 0.597. The first-order valence-electron chi connectivity index (χ1n) is 4.06. The number of nitrogens with one attached hydrogen (secondary N) is 1. The van der Waals surface area contributed by atoms with E-state index in [-0.39, 0.29) is 0 Å². The van der Waals surface area contributed by atoms with Crippen LogP contribution in [0.15, 0.2) is 23.2 Å². The fourth-order valence-corrected chi connectivity index (χ4v) is 1.87. The summed E-state index contributed by atoms with van der Waals surface area (Å²) in [6.45, 7) is 0.531. The molecule has 1 rings (SSSR count). The second-order valence-corrected chi connectivity index (χ2v) is 4.93. The Morgan fingerprint density at radius 2 is 2.29 bits per heavy atom. The Bertz CT molecular complexity index is 413. The van der Waals surface area contributed by atoms with Crippen LogP contribution in [0.5, 0.6) is 0 Å². The standard InChI is InChI=1S/C8H14N4OS/c1-12(2)6-7-8(14(9,10)13)4-3-5-11-7/h3-5H,6H2,1-2H3,(H3,9,10,13). The Morgan fingerprint density at radius 1 is 1.64 bits per heavy atom. The fraction of sp³-hybridized carbons (Fsp3) is 0.375. The second-order valence-electron chi connectivity index (χ2n) is 3.29. The predicted molar refractivity (Wildman–Crippen MR) is 54.9 cm³/mol. The molecule has 0 radical (unpaired) electrons. The average Bonchev–Trinajstić information content (AvgIpc) is 2.01. The SMILES string of the molecule is CN(C)Cc1ncccc1S(=N)(N)=O. The molecule has 0 aliphatic heterocycles. The van der Waals surface area contributed by atoms with Crippen molar-refractivity contribution in [3.05, 3.63) is 24.0 Å². The van der Waals surface area contributed by atoms with Crippen LogP contribution in [0.1, 0.15) is 5.69 Å². The van der Waals surface area contributed by atoms with Gasteiger partial charge < -0.3 is 4.90 Å². The van der Waals surface area contributed by atoms with Crippen molar-refractivity contribution >= 4 is 9.92 Å². The minimum absolute atomic E-state index is 0.314. The monoisotopic (exact) mass is 214 g/mol. The molecule has 1 heterocycles. The lowest BCUT2D eigenvalue weighted by Crippen LogP contribution is -2.18. The highest BCUT2D eigenvalue weighted by Crippen LogP contribution is 2.12. The van der Waals surface area contributed by atoms with Crippen LogP contribution in [-0.2, 0) is 16.5 Å². The molecule has 3 N–H and O–H groups in total. The zero-order valence-corrected chi connectivity index (χ0v) is 9.04. The maximum atomic E-state index is 11.4. The van der Waals surface area contributed by atoms with E-state index in [9.17, 15) is 4.21 Å². The van der Waals surface area contributed by atoms with Crippen LogP contribution in [0, 0.1) is 4.78 Å². The molecule has 0 spiro atoms. The van der Waals surface area contributed by atoms with Crippen molar-refractivity contribution in [1.29, 1.82) is 4.78 Å². The molecule has 0 saturated heterocycles. The molecule has 1 atom stereocenters. The maximum Gasteiger partial charge on any atom is 0.133 e. The van der Waals surface area contributed by atoms with Gasteiger partial charge >= 0.3 is 0 Å². The molecule has 0 saturated carbocycles. The lowest BCUT2D eigenvalue weighted by Gasteiger charge is -2.12. The number of nitrogens with two attached hydrogens (primary N) is 1. The number of hydrogen-bond acceptors (Lipinski definition) is 4. The summed E-state index contributed by atoms with van der Waals surface area (Å²) < 4.78 is 18.7. The van der Waals surface area contributed by atoms with Crippen LogP contribution in [0.3, 0.4) is 0 Å². The Balaban J connectivity index is 3.17. The van der Waals surface area contributed by atoms with Gasteiger partial charge in [0.2, 0.25) is 0 Å². The van der Waals surface area contributed by atoms with Crippen LogP contribution in [0.4, 0.5) is 0 Å². The van der Waals surface area contributed by atoms with Gasteiger partial charge in [-0.1, -0.05) is 0 Å². The number of aromatic nitrogens is 1. The number of rotatable bonds is 3. The smallest absolute Gasteiger partial charge is 0.133 e. The largest absolute Gasteiger partial charge is 0.304 e. The normalized spacial score (nSPS) is 15.4. The van der Waals surface area contributed by atoms with Gasteiger partial charge in [-0.3, -0.25) is 4.98 Å². The van der Waals surface area contributed by atoms with E-state index in [0.717, 1.165) is 0 Å². The van der Waals surface area contributed by atoms with E-state index in [1.54, 1.807) is 18.3 Å². The van der Waals surface area contributed by atoms with Crippen LogP contribution < -0.4 is 5.14 Å². The van der Waals surface area contributed by atoms with E-state index in [2.05, 4.69) is 4.98 Å². The molecule has 0 bridgehead atoms. The van der Waals surface area contributed by atoms with Gasteiger partial charge in [0.25, 0.3) is 0 Å². The molecule has 0 aliphatic carbocycles. The van der Waals surface area contributed by atoms with Gasteiger partial charge in [-0.2, -0.15) is 0 Å². The topological polar surface area (TPSA) is 83.1 Å². The molecular formula is C8H14N4OS. The molecule has 0 amide bonds. The minimum Gasteiger partial charge on any atom is -0.304 e. The molecule has 1 aromatic heterocycles. The Kier molecular flexibility index (Phi) is 3.20. The first kappa shape index (κ1) is 11.1. The first-order chi connectivity index (χ1) is 6.41. The zero-order chi connectivity index (χ0) is 10.8. The average molecular weight is 214 g/mol. The van der Waals surface area contributed by atoms with E-state index < -0.39 is 9.92 Å². The van der Waals surface area contributed by atoms with Gasteiger partial charge in [0.15, 0.2) is 0 Å². The van der Waals surface area contributed by atoms with E-state index >= 15 is 0 Å². The first-order valence-corrected chi connectivity index (χ1v) is 5.68. The van der Waals surface area contributed by atoms with Gasteiger partial charge in [-0.05, 0) is 26.2 Å². The third kappa shape index (κ3) is 2.76. The molecule has 1 unspecified atom stereocenters. The molecule has 78 valence electrons. The second kappa shape index (κ2) is 4.04. The van der Waals surface area contributed by atoms with E-state index in [0.29, 0.717) is 17.1 Å². The quantitative estimate of drug-likeness (QED) is 0.765. The van der Waals surface area contributed by atoms with Gasteiger partial charge in [0, 0.05) is 12.7 Å². The van der Waals surface area contributed by atoms with Crippen LogP contribution in [0.2, 0.25) is 0 Å². The van der Waals surface area contributed by atoms with Gasteiger partial charge in [-0.15, -0.1) is 0 Å². The van der Waals surface area contributed by atoms with Crippen LogP contribution in [0.25, 0.3) is 0 Å². The predicted octanol–water partition coefficient (Wildman–Crippen LogP) is 0.423. The molecule has 1 aromatic rings. The maximum absolute atomic E-state index is 11.4. The lowest BCUT2D eigenvalue weighted by molar-refractivity contribution is 0.392. The van der Waals surface area contributed by atoms with Crippen molar-refractivity contribution in [2.45, 2.75) is 11.4 Å². The molecule has 0 aliphatic rings. The highest BCUT2D eigenvalue weighted by molar-refractivity contribution is 7.90. The van der Waals surface area contributed by atoms with E-state index in [1.165, 1.54) is 0 Å². The van der Waals surface area contributed by atoms with Crippen molar-refractivity contribution in [3.8, 4) is 0 Å². The Labute approximate surface area is 84.0 Å². The summed E-state index contributed by atoms with van der Waals surface area (Å²) in [4.78, 5) is 6.26. The lowest BCUT2D eigenvalue weighted by atomic mass is 10.3. The Hall–Kier alpha value is -0.980. The summed E-state index contributed by atoms with van der Waals surface area (Å²) in [6.07, 6.45) is 1.60. The van der Waals surface area contributed by atoms with Crippen molar-refractivity contribution in [2.75, 3.05) is 14.1 Å². The molecule has 5 nitrogen and oxygen atoms in total. The van der Waals surface area contributed by atoms with Gasteiger partial charge in [0.1, 0.15) is 9.92 Å². The third-order valence-electron chi connectivity index (χ3n) is 1.64. The van der Waals surface area contributed by atoms with Crippen molar-refractivity contribution in [1.82, 2.24) is 9.88 Å². The van der Waals surface area contributed by atoms with Gasteiger partial charge in [-0.25, -0.2) is 14.1 Å². The summed E-state index contributed by atoms with van der Waals surface area (Å²) in [5, 5.41) is 5.27. The molecule has 0 fully saturated rings. The van der Waals surface area contributed by atoms with Crippen molar-refractivity contribution < 1.29 is 4.21 Å². The summed E-state index contributed by atoms with van der Waals surface area (Å²) in [7, 11) is 0.583. The fourth-order valence-electron chi connectivity index (χ4n) is 1.12. The molecule has 6 heteroatoms. The molecule has 0 aromatic carbocycles. The Morgan fingerprint density at radius 3 is 2.79 bits per heavy atom. The molecule has 14 heavy (non-hydrogen) atoms. The minimum atomic E-state index is -3.17. The summed E-state index contributed by atoms with van der Waals surface area (Å²) in [6, 6.07) is 3.22. The zero-order valence-electron chi connectivity index (χ0n) is 8.23. The van der Waals surface area contributed by atoms with Crippen molar-refractivity contribution in [3.63, 3.8) is 0 Å². The van der Waals surface area contributed by atoms with E-state index in [1.807, 2.05) is 19.0 Å². The third-order valence-corrected chi connectivity index (χ3v) is 2.67. The van der Waals surface area contributed by atoms with Crippen LogP contribution >= 0.6 is 0 Å². The van der Waals surface area contributed by atoms with Crippen LogP contribution in [-0.4, -0.2) is 28.2 Å².